The highest BCUT2D eigenvalue weighted by atomic mass is 35.5. The molecule has 0 atom stereocenters. The smallest absolute Gasteiger partial charge is 0.334 e. The topological polar surface area (TPSA) is 130 Å². The average molecular weight is 252 g/mol. The quantitative estimate of drug-likeness (QED) is 0.439. The molecular formula is C4H8Cl2NO5P. The first kappa shape index (κ1) is 15.4. The fourth-order valence-electron chi connectivity index (χ4n) is 0.414. The van der Waals surface area contributed by atoms with Gasteiger partial charge in [0.1, 0.15) is 4.49 Å². The minimum absolute atomic E-state index is 0. The van der Waals surface area contributed by atoms with Crippen molar-refractivity contribution in [2.75, 3.05) is 6.16 Å². The van der Waals surface area contributed by atoms with Gasteiger partial charge in [-0.25, -0.2) is 4.79 Å². The molecule has 0 rings (SSSR count). The first-order valence-electron chi connectivity index (χ1n) is 2.56. The number of hydrogen-bond acceptors (Lipinski definition) is 3. The van der Waals surface area contributed by atoms with E-state index in [9.17, 15) is 9.36 Å². The highest BCUT2D eigenvalue weighted by Gasteiger charge is 2.23. The van der Waals surface area contributed by atoms with Crippen molar-refractivity contribution in [1.82, 2.24) is 6.15 Å². The van der Waals surface area contributed by atoms with Gasteiger partial charge in [0.05, 0.1) is 11.7 Å². The highest BCUT2D eigenvalue weighted by Crippen LogP contribution is 2.38. The van der Waals surface area contributed by atoms with Crippen LogP contribution in [-0.2, 0) is 9.36 Å². The maximum atomic E-state index is 10.3. The summed E-state index contributed by atoms with van der Waals surface area (Å²) in [6, 6.07) is 0. The van der Waals surface area contributed by atoms with Crippen LogP contribution in [-0.4, -0.2) is 27.0 Å². The first-order valence-corrected chi connectivity index (χ1v) is 5.11. The molecule has 78 valence electrons. The van der Waals surface area contributed by atoms with Crippen LogP contribution < -0.4 is 6.15 Å². The van der Waals surface area contributed by atoms with Gasteiger partial charge in [-0.15, -0.1) is 0 Å². The molecule has 6 N–H and O–H groups in total. The molecule has 0 bridgehead atoms. The van der Waals surface area contributed by atoms with E-state index in [4.69, 9.17) is 38.1 Å². The monoisotopic (exact) mass is 251 g/mol. The Morgan fingerprint density at radius 2 is 1.69 bits per heavy atom. The zero-order valence-electron chi connectivity index (χ0n) is 6.28. The number of hydrogen-bond donors (Lipinski definition) is 4. The summed E-state index contributed by atoms with van der Waals surface area (Å²) in [5.74, 6) is -1.54. The van der Waals surface area contributed by atoms with Crippen molar-refractivity contribution in [1.29, 1.82) is 0 Å². The van der Waals surface area contributed by atoms with Crippen molar-refractivity contribution in [3.8, 4) is 0 Å². The van der Waals surface area contributed by atoms with Crippen molar-refractivity contribution >= 4 is 36.8 Å². The van der Waals surface area contributed by atoms with E-state index < -0.39 is 29.8 Å². The van der Waals surface area contributed by atoms with E-state index in [1.54, 1.807) is 0 Å². The molecule has 0 heterocycles. The van der Waals surface area contributed by atoms with Gasteiger partial charge in [-0.2, -0.15) is 0 Å². The van der Waals surface area contributed by atoms with E-state index >= 15 is 0 Å². The molecule has 0 aromatic rings. The highest BCUT2D eigenvalue weighted by molar-refractivity contribution is 7.52. The minimum Gasteiger partial charge on any atom is -0.478 e. The number of aliphatic carboxylic acids is 1. The van der Waals surface area contributed by atoms with Gasteiger partial charge in [0.15, 0.2) is 0 Å². The fourth-order valence-corrected chi connectivity index (χ4v) is 1.60. The van der Waals surface area contributed by atoms with Crippen LogP contribution in [0, 0.1) is 0 Å². The zero-order chi connectivity index (χ0) is 9.94. The second-order valence-electron chi connectivity index (χ2n) is 1.87. The second kappa shape index (κ2) is 5.59. The zero-order valence-corrected chi connectivity index (χ0v) is 8.68. The normalized spacial score (nSPS) is 10.2. The Morgan fingerprint density at radius 1 is 1.31 bits per heavy atom. The van der Waals surface area contributed by atoms with Gasteiger partial charge in [-0.3, -0.25) is 4.57 Å². The molecule has 0 aromatic heterocycles. The van der Waals surface area contributed by atoms with E-state index in [2.05, 4.69) is 0 Å². The lowest BCUT2D eigenvalue weighted by Gasteiger charge is -2.03. The molecule has 0 spiro atoms. The van der Waals surface area contributed by atoms with Crippen molar-refractivity contribution in [2.45, 2.75) is 0 Å². The van der Waals surface area contributed by atoms with Gasteiger partial charge < -0.3 is 21.0 Å². The molecule has 0 saturated carbocycles. The molecule has 0 unspecified atom stereocenters. The van der Waals surface area contributed by atoms with Gasteiger partial charge in [0, 0.05) is 0 Å². The number of carboxylic acid groups (broad SMARTS) is 1. The Labute approximate surface area is 83.9 Å². The molecule has 13 heavy (non-hydrogen) atoms. The van der Waals surface area contributed by atoms with Crippen LogP contribution in [0.5, 0.6) is 0 Å². The summed E-state index contributed by atoms with van der Waals surface area (Å²) in [7, 11) is -4.44. The molecule has 0 aliphatic carbocycles. The van der Waals surface area contributed by atoms with Crippen LogP contribution in [0.2, 0.25) is 0 Å². The summed E-state index contributed by atoms with van der Waals surface area (Å²) in [6.07, 6.45) is -0.968. The minimum atomic E-state index is -4.44. The van der Waals surface area contributed by atoms with E-state index in [0.29, 0.717) is 0 Å². The summed E-state index contributed by atoms with van der Waals surface area (Å²) < 4.78 is 9.68. The molecule has 0 amide bonds. The van der Waals surface area contributed by atoms with Crippen LogP contribution in [0.1, 0.15) is 0 Å². The summed E-state index contributed by atoms with van der Waals surface area (Å²) in [4.78, 5) is 27.0. The Hall–Kier alpha value is -0.100. The molecule has 0 fully saturated rings. The predicted molar refractivity (Wildman–Crippen MR) is 48.3 cm³/mol. The number of carbonyl (C=O) groups is 1. The fraction of sp³-hybridized carbons (Fsp3) is 0.250. The van der Waals surface area contributed by atoms with Crippen molar-refractivity contribution in [2.24, 2.45) is 0 Å². The van der Waals surface area contributed by atoms with E-state index in [-0.39, 0.29) is 6.15 Å². The molecule has 0 aromatic carbocycles. The standard InChI is InChI=1S/C4H5Cl2O5P.H3N/c5-3(6)2(4(7)8)1-12(9,10)11;/h1H2,(H,7,8)(H2,9,10,11);1H3. The van der Waals surface area contributed by atoms with Gasteiger partial charge in [0.2, 0.25) is 0 Å². The van der Waals surface area contributed by atoms with Gasteiger partial charge in [-0.05, 0) is 0 Å². The van der Waals surface area contributed by atoms with E-state index in [0.717, 1.165) is 0 Å². The Balaban J connectivity index is 0. The maximum Gasteiger partial charge on any atom is 0.334 e. The lowest BCUT2D eigenvalue weighted by atomic mass is 10.4. The third kappa shape index (κ3) is 7.01. The molecule has 9 heteroatoms. The van der Waals surface area contributed by atoms with Crippen LogP contribution >= 0.6 is 30.8 Å². The van der Waals surface area contributed by atoms with Crippen molar-refractivity contribution < 1.29 is 24.3 Å². The number of halogens is 2. The third-order valence-electron chi connectivity index (χ3n) is 0.850. The summed E-state index contributed by atoms with van der Waals surface area (Å²) in [6.45, 7) is 0. The SMILES string of the molecule is N.O=C(O)C(CP(=O)(O)O)=C(Cl)Cl. The molecule has 0 radical (unpaired) electrons. The number of carboxylic acids is 1. The largest absolute Gasteiger partial charge is 0.478 e. The molecular weight excluding hydrogens is 244 g/mol. The van der Waals surface area contributed by atoms with Gasteiger partial charge >= 0.3 is 13.6 Å². The number of rotatable bonds is 3. The third-order valence-corrected chi connectivity index (χ3v) is 2.03. The predicted octanol–water partition coefficient (Wildman–Crippen LogP) is 1.10. The molecule has 6 nitrogen and oxygen atoms in total. The second-order valence-corrected chi connectivity index (χ2v) is 4.46. The first-order chi connectivity index (χ1) is 5.24. The van der Waals surface area contributed by atoms with E-state index in [1.165, 1.54) is 0 Å². The van der Waals surface area contributed by atoms with Crippen molar-refractivity contribution in [3.63, 3.8) is 0 Å². The Morgan fingerprint density at radius 3 is 1.77 bits per heavy atom. The van der Waals surface area contributed by atoms with E-state index in [1.807, 2.05) is 0 Å². The lowest BCUT2D eigenvalue weighted by Crippen LogP contribution is -2.06. The van der Waals surface area contributed by atoms with Gasteiger partial charge in [0.25, 0.3) is 0 Å². The Kier molecular flexibility index (Phi) is 6.61. The average Bonchev–Trinajstić information content (AvgIpc) is 1.79. The molecule has 0 aliphatic heterocycles. The summed E-state index contributed by atoms with van der Waals surface area (Å²) in [5, 5.41) is 8.34. The molecule has 0 aliphatic rings. The van der Waals surface area contributed by atoms with Crippen LogP contribution in [0.15, 0.2) is 10.1 Å². The van der Waals surface area contributed by atoms with Crippen LogP contribution in [0.3, 0.4) is 0 Å². The maximum absolute atomic E-state index is 10.3. The van der Waals surface area contributed by atoms with Crippen molar-refractivity contribution in [3.05, 3.63) is 10.1 Å². The van der Waals surface area contributed by atoms with Crippen LogP contribution in [0.25, 0.3) is 0 Å². The van der Waals surface area contributed by atoms with Gasteiger partial charge in [-0.1, -0.05) is 23.2 Å². The summed E-state index contributed by atoms with van der Waals surface area (Å²) >= 11 is 10.1. The summed E-state index contributed by atoms with van der Waals surface area (Å²) in [5.41, 5.74) is -0.688. The Bertz CT molecular complexity index is 268. The van der Waals surface area contributed by atoms with Crippen LogP contribution in [0.4, 0.5) is 0 Å². The molecule has 0 saturated heterocycles. The lowest BCUT2D eigenvalue weighted by molar-refractivity contribution is -0.132.